The van der Waals surface area contributed by atoms with Gasteiger partial charge >= 0.3 is 0 Å². The Labute approximate surface area is 87.4 Å². The van der Waals surface area contributed by atoms with E-state index in [1.54, 1.807) is 0 Å². The number of aliphatic hydroxyl groups excluding tert-OH is 1. The Kier molecular flexibility index (Phi) is 5.88. The third-order valence-corrected chi connectivity index (χ3v) is 2.79. The summed E-state index contributed by atoms with van der Waals surface area (Å²) in [6.45, 7) is 4.04. The Morgan fingerprint density at radius 2 is 2.36 bits per heavy atom. The summed E-state index contributed by atoms with van der Waals surface area (Å²) in [5, 5.41) is 12.5. The van der Waals surface area contributed by atoms with Crippen LogP contribution in [0.15, 0.2) is 12.2 Å². The second kappa shape index (κ2) is 7.02. The molecule has 2 nitrogen and oxygen atoms in total. The van der Waals surface area contributed by atoms with Gasteiger partial charge in [-0.3, -0.25) is 0 Å². The molecular weight excluding hydrogens is 174 g/mol. The van der Waals surface area contributed by atoms with E-state index < -0.39 is 0 Å². The smallest absolute Gasteiger partial charge is 0.0512 e. The molecule has 1 rings (SSSR count). The molecule has 0 saturated heterocycles. The lowest BCUT2D eigenvalue weighted by Gasteiger charge is -2.18. The molecule has 2 N–H and O–H groups in total. The quantitative estimate of drug-likeness (QED) is 0.505. The summed E-state index contributed by atoms with van der Waals surface area (Å²) in [6.07, 6.45) is 10.3. The molecule has 2 heteroatoms. The average molecular weight is 197 g/mol. The molecule has 1 aliphatic rings. The van der Waals surface area contributed by atoms with Crippen molar-refractivity contribution in [3.05, 3.63) is 12.2 Å². The fraction of sp³-hybridized carbons (Fsp3) is 0.833. The standard InChI is InChI=1S/C12H23NO/c1-11(14)6-5-9-13-10-12-7-3-2-4-8-12/h2-3,11-14H,4-10H2,1H3. The summed E-state index contributed by atoms with van der Waals surface area (Å²) in [7, 11) is 0. The number of hydrogen-bond acceptors (Lipinski definition) is 2. The zero-order chi connectivity index (χ0) is 10.2. The second-order valence-corrected chi connectivity index (χ2v) is 4.35. The molecular formula is C12H23NO. The fourth-order valence-electron chi connectivity index (χ4n) is 1.87. The van der Waals surface area contributed by atoms with Crippen LogP contribution < -0.4 is 5.32 Å². The van der Waals surface area contributed by atoms with Crippen molar-refractivity contribution in [1.82, 2.24) is 5.32 Å². The molecule has 0 aliphatic heterocycles. The van der Waals surface area contributed by atoms with Crippen LogP contribution in [0.5, 0.6) is 0 Å². The van der Waals surface area contributed by atoms with E-state index in [1.165, 1.54) is 19.3 Å². The van der Waals surface area contributed by atoms with Crippen LogP contribution in [0.1, 0.15) is 39.0 Å². The molecule has 0 aromatic carbocycles. The molecule has 0 spiro atoms. The Morgan fingerprint density at radius 3 is 3.00 bits per heavy atom. The van der Waals surface area contributed by atoms with Crippen LogP contribution >= 0.6 is 0 Å². The van der Waals surface area contributed by atoms with Crippen molar-refractivity contribution >= 4 is 0 Å². The van der Waals surface area contributed by atoms with Crippen molar-refractivity contribution in [1.29, 1.82) is 0 Å². The van der Waals surface area contributed by atoms with Gasteiger partial charge in [-0.15, -0.1) is 0 Å². The van der Waals surface area contributed by atoms with Crippen LogP contribution in [-0.2, 0) is 0 Å². The highest BCUT2D eigenvalue weighted by Gasteiger charge is 2.08. The highest BCUT2D eigenvalue weighted by molar-refractivity contribution is 4.90. The van der Waals surface area contributed by atoms with Crippen LogP contribution in [0.2, 0.25) is 0 Å². The maximum Gasteiger partial charge on any atom is 0.0512 e. The monoisotopic (exact) mass is 197 g/mol. The predicted molar refractivity (Wildman–Crippen MR) is 60.3 cm³/mol. The van der Waals surface area contributed by atoms with Crippen molar-refractivity contribution in [2.75, 3.05) is 13.1 Å². The van der Waals surface area contributed by atoms with E-state index in [0.29, 0.717) is 0 Å². The minimum Gasteiger partial charge on any atom is -0.393 e. The second-order valence-electron chi connectivity index (χ2n) is 4.35. The Balaban J connectivity index is 1.90. The van der Waals surface area contributed by atoms with Gasteiger partial charge in [-0.05, 0) is 58.0 Å². The van der Waals surface area contributed by atoms with Gasteiger partial charge in [-0.25, -0.2) is 0 Å². The molecule has 0 aromatic heterocycles. The summed E-state index contributed by atoms with van der Waals surface area (Å²) in [4.78, 5) is 0. The molecule has 0 fully saturated rings. The molecule has 14 heavy (non-hydrogen) atoms. The summed E-state index contributed by atoms with van der Waals surface area (Å²) in [5.41, 5.74) is 0. The first-order valence-corrected chi connectivity index (χ1v) is 5.83. The number of rotatable bonds is 6. The van der Waals surface area contributed by atoms with E-state index >= 15 is 0 Å². The minimum absolute atomic E-state index is 0.144. The molecule has 2 unspecified atom stereocenters. The third kappa shape index (κ3) is 5.40. The highest BCUT2D eigenvalue weighted by atomic mass is 16.3. The zero-order valence-electron chi connectivity index (χ0n) is 9.21. The van der Waals surface area contributed by atoms with Gasteiger partial charge in [0.2, 0.25) is 0 Å². The third-order valence-electron chi connectivity index (χ3n) is 2.79. The van der Waals surface area contributed by atoms with Gasteiger partial charge in [0.15, 0.2) is 0 Å². The predicted octanol–water partition coefficient (Wildman–Crippen LogP) is 2.09. The van der Waals surface area contributed by atoms with Crippen molar-refractivity contribution in [2.45, 2.75) is 45.1 Å². The Morgan fingerprint density at radius 1 is 1.50 bits per heavy atom. The SMILES string of the molecule is CC(O)CCCNCC1CC=CCC1. The van der Waals surface area contributed by atoms with Crippen LogP contribution in [0.25, 0.3) is 0 Å². The molecule has 2 atom stereocenters. The molecule has 0 bridgehead atoms. The Hall–Kier alpha value is -0.340. The summed E-state index contributed by atoms with van der Waals surface area (Å²) >= 11 is 0. The van der Waals surface area contributed by atoms with Gasteiger partial charge in [0.25, 0.3) is 0 Å². The lowest BCUT2D eigenvalue weighted by molar-refractivity contribution is 0.181. The van der Waals surface area contributed by atoms with E-state index in [-0.39, 0.29) is 6.10 Å². The maximum atomic E-state index is 9.06. The number of aliphatic hydroxyl groups is 1. The van der Waals surface area contributed by atoms with E-state index in [2.05, 4.69) is 17.5 Å². The topological polar surface area (TPSA) is 32.3 Å². The fourth-order valence-corrected chi connectivity index (χ4v) is 1.87. The highest BCUT2D eigenvalue weighted by Crippen LogP contribution is 2.16. The first kappa shape index (κ1) is 11.7. The average Bonchev–Trinajstić information content (AvgIpc) is 2.18. The lowest BCUT2D eigenvalue weighted by Crippen LogP contribution is -2.24. The first-order chi connectivity index (χ1) is 6.79. The molecule has 0 heterocycles. The summed E-state index contributed by atoms with van der Waals surface area (Å²) in [5.74, 6) is 0.839. The van der Waals surface area contributed by atoms with E-state index in [9.17, 15) is 0 Å². The van der Waals surface area contributed by atoms with E-state index in [4.69, 9.17) is 5.11 Å². The van der Waals surface area contributed by atoms with Crippen molar-refractivity contribution in [3.8, 4) is 0 Å². The normalized spacial score (nSPS) is 23.7. The molecule has 0 amide bonds. The minimum atomic E-state index is -0.144. The van der Waals surface area contributed by atoms with Gasteiger partial charge in [-0.1, -0.05) is 12.2 Å². The lowest BCUT2D eigenvalue weighted by atomic mass is 9.94. The van der Waals surface area contributed by atoms with Gasteiger partial charge < -0.3 is 10.4 Å². The molecule has 82 valence electrons. The maximum absolute atomic E-state index is 9.06. The zero-order valence-corrected chi connectivity index (χ0v) is 9.21. The van der Waals surface area contributed by atoms with Crippen molar-refractivity contribution in [2.24, 2.45) is 5.92 Å². The van der Waals surface area contributed by atoms with Crippen molar-refractivity contribution in [3.63, 3.8) is 0 Å². The van der Waals surface area contributed by atoms with E-state index in [0.717, 1.165) is 31.8 Å². The van der Waals surface area contributed by atoms with Gasteiger partial charge in [0.05, 0.1) is 6.10 Å². The molecule has 1 aliphatic carbocycles. The Bertz CT molecular complexity index is 166. The van der Waals surface area contributed by atoms with Crippen LogP contribution in [0.4, 0.5) is 0 Å². The van der Waals surface area contributed by atoms with Crippen LogP contribution in [0.3, 0.4) is 0 Å². The largest absolute Gasteiger partial charge is 0.393 e. The number of allylic oxidation sites excluding steroid dienone is 2. The molecule has 0 aromatic rings. The molecule has 0 saturated carbocycles. The summed E-state index contributed by atoms with van der Waals surface area (Å²) < 4.78 is 0. The van der Waals surface area contributed by atoms with Gasteiger partial charge in [0, 0.05) is 0 Å². The van der Waals surface area contributed by atoms with Crippen LogP contribution in [0, 0.1) is 5.92 Å². The van der Waals surface area contributed by atoms with Crippen molar-refractivity contribution < 1.29 is 5.11 Å². The number of nitrogens with one attached hydrogen (secondary N) is 1. The first-order valence-electron chi connectivity index (χ1n) is 5.83. The summed E-state index contributed by atoms with van der Waals surface area (Å²) in [6, 6.07) is 0. The molecule has 0 radical (unpaired) electrons. The van der Waals surface area contributed by atoms with Crippen LogP contribution in [-0.4, -0.2) is 24.3 Å². The number of hydrogen-bond donors (Lipinski definition) is 2. The van der Waals surface area contributed by atoms with Gasteiger partial charge in [-0.2, -0.15) is 0 Å². The van der Waals surface area contributed by atoms with Gasteiger partial charge in [0.1, 0.15) is 0 Å². The van der Waals surface area contributed by atoms with E-state index in [1.807, 2.05) is 6.92 Å².